The lowest BCUT2D eigenvalue weighted by Gasteiger charge is -2.02. The maximum absolute atomic E-state index is 11.6. The fourth-order valence-corrected chi connectivity index (χ4v) is 2.99. The summed E-state index contributed by atoms with van der Waals surface area (Å²) in [5.41, 5.74) is 7.48. The number of nitrogen functional groups attached to an aromatic ring is 1. The summed E-state index contributed by atoms with van der Waals surface area (Å²) in [6, 6.07) is 27.3. The van der Waals surface area contributed by atoms with Gasteiger partial charge >= 0.3 is 0 Å². The van der Waals surface area contributed by atoms with Gasteiger partial charge in [0.1, 0.15) is 5.82 Å². The molecule has 132 valence electrons. The van der Waals surface area contributed by atoms with Crippen LogP contribution in [0.1, 0.15) is 10.4 Å². The standard InChI is InChI=1S/C22H18N4O/c23-26-22(27)18-13-11-17(12-14-18)21-24-19(15-7-3-1-4-8-15)20(25-21)16-9-5-2-6-10-16/h1-14H,23H2,(H,24,25)(H,26,27). The van der Waals surface area contributed by atoms with E-state index >= 15 is 0 Å². The zero-order valence-electron chi connectivity index (χ0n) is 14.5. The van der Waals surface area contributed by atoms with Crippen LogP contribution in [0.5, 0.6) is 0 Å². The van der Waals surface area contributed by atoms with Gasteiger partial charge in [-0.25, -0.2) is 10.8 Å². The minimum absolute atomic E-state index is 0.323. The molecule has 0 atom stereocenters. The molecule has 0 radical (unpaired) electrons. The van der Waals surface area contributed by atoms with Crippen LogP contribution in [0, 0.1) is 0 Å². The molecule has 0 spiro atoms. The Kier molecular flexibility index (Phi) is 4.51. The molecule has 5 nitrogen and oxygen atoms in total. The molecule has 0 bridgehead atoms. The second kappa shape index (κ2) is 7.27. The number of nitrogens with one attached hydrogen (secondary N) is 2. The van der Waals surface area contributed by atoms with Gasteiger partial charge in [-0.2, -0.15) is 0 Å². The molecule has 4 rings (SSSR count). The van der Waals surface area contributed by atoms with Gasteiger partial charge < -0.3 is 4.98 Å². The number of hydrogen-bond acceptors (Lipinski definition) is 3. The van der Waals surface area contributed by atoms with Crippen molar-refractivity contribution in [3.05, 3.63) is 90.5 Å². The van der Waals surface area contributed by atoms with E-state index in [9.17, 15) is 4.79 Å². The zero-order chi connectivity index (χ0) is 18.6. The molecule has 0 saturated carbocycles. The topological polar surface area (TPSA) is 83.8 Å². The van der Waals surface area contributed by atoms with Crippen molar-refractivity contribution in [3.63, 3.8) is 0 Å². The van der Waals surface area contributed by atoms with Gasteiger partial charge in [0.15, 0.2) is 0 Å². The van der Waals surface area contributed by atoms with Crippen molar-refractivity contribution >= 4 is 5.91 Å². The van der Waals surface area contributed by atoms with E-state index < -0.39 is 0 Å². The largest absolute Gasteiger partial charge is 0.337 e. The van der Waals surface area contributed by atoms with Gasteiger partial charge in [0.05, 0.1) is 11.4 Å². The Morgan fingerprint density at radius 1 is 0.778 bits per heavy atom. The monoisotopic (exact) mass is 354 g/mol. The summed E-state index contributed by atoms with van der Waals surface area (Å²) in [6.45, 7) is 0. The minimum Gasteiger partial charge on any atom is -0.337 e. The number of carbonyl (C=O) groups excluding carboxylic acids is 1. The Bertz CT molecular complexity index is 998. The fraction of sp³-hybridized carbons (Fsp3) is 0. The molecule has 1 heterocycles. The molecule has 0 aliphatic heterocycles. The molecule has 4 N–H and O–H groups in total. The van der Waals surface area contributed by atoms with Crippen molar-refractivity contribution in [1.82, 2.24) is 15.4 Å². The molecule has 4 aromatic rings. The van der Waals surface area contributed by atoms with Crippen LogP contribution < -0.4 is 11.3 Å². The number of rotatable bonds is 4. The maximum Gasteiger partial charge on any atom is 0.265 e. The first kappa shape index (κ1) is 16.8. The quantitative estimate of drug-likeness (QED) is 0.294. The lowest BCUT2D eigenvalue weighted by atomic mass is 10.1. The molecule has 1 amide bonds. The van der Waals surface area contributed by atoms with Crippen LogP contribution in [-0.2, 0) is 0 Å². The number of aromatic nitrogens is 2. The van der Waals surface area contributed by atoms with Crippen LogP contribution in [0.4, 0.5) is 0 Å². The highest BCUT2D eigenvalue weighted by molar-refractivity contribution is 5.94. The smallest absolute Gasteiger partial charge is 0.265 e. The Hall–Kier alpha value is -3.70. The third-order valence-electron chi connectivity index (χ3n) is 4.37. The average molecular weight is 354 g/mol. The highest BCUT2D eigenvalue weighted by Crippen LogP contribution is 2.32. The zero-order valence-corrected chi connectivity index (χ0v) is 14.5. The van der Waals surface area contributed by atoms with E-state index in [0.29, 0.717) is 5.56 Å². The lowest BCUT2D eigenvalue weighted by Crippen LogP contribution is -2.29. The van der Waals surface area contributed by atoms with Gasteiger partial charge in [-0.3, -0.25) is 10.2 Å². The molecule has 0 fully saturated rings. The van der Waals surface area contributed by atoms with E-state index in [4.69, 9.17) is 10.8 Å². The molecule has 0 aliphatic rings. The fourth-order valence-electron chi connectivity index (χ4n) is 2.99. The highest BCUT2D eigenvalue weighted by Gasteiger charge is 2.15. The number of hydrogen-bond donors (Lipinski definition) is 3. The molecule has 0 saturated heterocycles. The van der Waals surface area contributed by atoms with Crippen LogP contribution in [0.25, 0.3) is 33.9 Å². The van der Waals surface area contributed by atoms with Crippen molar-refractivity contribution in [1.29, 1.82) is 0 Å². The van der Waals surface area contributed by atoms with E-state index in [-0.39, 0.29) is 5.91 Å². The van der Waals surface area contributed by atoms with Crippen LogP contribution in [0.15, 0.2) is 84.9 Å². The van der Waals surface area contributed by atoms with Crippen LogP contribution in [0.3, 0.4) is 0 Å². The van der Waals surface area contributed by atoms with Gasteiger partial charge in [0, 0.05) is 22.3 Å². The molecule has 0 aliphatic carbocycles. The number of benzene rings is 3. The summed E-state index contributed by atoms with van der Waals surface area (Å²) in [5, 5.41) is 0. The first-order chi connectivity index (χ1) is 13.3. The predicted octanol–water partition coefficient (Wildman–Crippen LogP) is 4.01. The van der Waals surface area contributed by atoms with Crippen LogP contribution >= 0.6 is 0 Å². The van der Waals surface area contributed by atoms with Gasteiger partial charge in [-0.05, 0) is 12.1 Å². The summed E-state index contributed by atoms with van der Waals surface area (Å²) in [6.07, 6.45) is 0. The molecule has 1 aromatic heterocycles. The molecule has 5 heteroatoms. The van der Waals surface area contributed by atoms with Crippen molar-refractivity contribution in [2.75, 3.05) is 0 Å². The van der Waals surface area contributed by atoms with E-state index in [2.05, 4.69) is 22.5 Å². The highest BCUT2D eigenvalue weighted by atomic mass is 16.2. The second-order valence-electron chi connectivity index (χ2n) is 6.09. The molecule has 0 unspecified atom stereocenters. The number of aromatic amines is 1. The maximum atomic E-state index is 11.6. The number of nitrogens with two attached hydrogens (primary N) is 1. The predicted molar refractivity (Wildman–Crippen MR) is 107 cm³/mol. The van der Waals surface area contributed by atoms with Crippen molar-refractivity contribution in [2.24, 2.45) is 5.84 Å². The van der Waals surface area contributed by atoms with Crippen LogP contribution in [-0.4, -0.2) is 15.9 Å². The van der Waals surface area contributed by atoms with Crippen LogP contribution in [0.2, 0.25) is 0 Å². The number of carbonyl (C=O) groups is 1. The normalized spacial score (nSPS) is 10.6. The first-order valence-corrected chi connectivity index (χ1v) is 8.58. The second-order valence-corrected chi connectivity index (χ2v) is 6.09. The Balaban J connectivity index is 1.81. The first-order valence-electron chi connectivity index (χ1n) is 8.58. The number of hydrazine groups is 1. The number of imidazole rings is 1. The van der Waals surface area contributed by atoms with Gasteiger partial charge in [0.25, 0.3) is 5.91 Å². The van der Waals surface area contributed by atoms with Gasteiger partial charge in [0.2, 0.25) is 0 Å². The number of amides is 1. The Labute approximate surface area is 156 Å². The average Bonchev–Trinajstić information content (AvgIpc) is 3.20. The number of nitrogens with zero attached hydrogens (tertiary/aromatic N) is 1. The van der Waals surface area contributed by atoms with E-state index in [0.717, 1.165) is 33.9 Å². The minimum atomic E-state index is -0.323. The molecule has 3 aromatic carbocycles. The Morgan fingerprint density at radius 3 is 1.96 bits per heavy atom. The summed E-state index contributed by atoms with van der Waals surface area (Å²) in [4.78, 5) is 19.9. The van der Waals surface area contributed by atoms with Crippen molar-refractivity contribution < 1.29 is 4.79 Å². The van der Waals surface area contributed by atoms with Crippen molar-refractivity contribution in [2.45, 2.75) is 0 Å². The summed E-state index contributed by atoms with van der Waals surface area (Å²) >= 11 is 0. The summed E-state index contributed by atoms with van der Waals surface area (Å²) in [7, 11) is 0. The summed E-state index contributed by atoms with van der Waals surface area (Å²) in [5.74, 6) is 5.61. The summed E-state index contributed by atoms with van der Waals surface area (Å²) < 4.78 is 0. The molecule has 27 heavy (non-hydrogen) atoms. The number of H-pyrrole nitrogens is 1. The lowest BCUT2D eigenvalue weighted by molar-refractivity contribution is 0.0953. The van der Waals surface area contributed by atoms with Crippen molar-refractivity contribution in [3.8, 4) is 33.9 Å². The molecular weight excluding hydrogens is 336 g/mol. The SMILES string of the molecule is NNC(=O)c1ccc(-c2nc(-c3ccccc3)c(-c3ccccc3)[nH]2)cc1. The van der Waals surface area contributed by atoms with E-state index in [1.165, 1.54) is 0 Å². The van der Waals surface area contributed by atoms with Gasteiger partial charge in [-0.1, -0.05) is 72.8 Å². The van der Waals surface area contributed by atoms with E-state index in [1.54, 1.807) is 12.1 Å². The third kappa shape index (κ3) is 3.36. The third-order valence-corrected chi connectivity index (χ3v) is 4.37. The van der Waals surface area contributed by atoms with E-state index in [1.807, 2.05) is 60.7 Å². The Morgan fingerprint density at radius 2 is 1.37 bits per heavy atom. The van der Waals surface area contributed by atoms with Gasteiger partial charge in [-0.15, -0.1) is 0 Å². The molecular formula is C22H18N4O.